The van der Waals surface area contributed by atoms with E-state index in [-0.39, 0.29) is 17.9 Å². The summed E-state index contributed by atoms with van der Waals surface area (Å²) in [6, 6.07) is 18.4. The van der Waals surface area contributed by atoms with Gasteiger partial charge in [0.2, 0.25) is 29.5 Å². The molecule has 2 aromatic carbocycles. The highest BCUT2D eigenvalue weighted by atomic mass is 16.5. The molecule has 2 fully saturated rings. The number of fused-ring (bicyclic) bond motifs is 1. The third kappa shape index (κ3) is 6.61. The van der Waals surface area contributed by atoms with Gasteiger partial charge in [0, 0.05) is 67.4 Å². The van der Waals surface area contributed by atoms with E-state index < -0.39 is 5.41 Å². The van der Waals surface area contributed by atoms with E-state index >= 15 is 0 Å². The van der Waals surface area contributed by atoms with Gasteiger partial charge in [-0.3, -0.25) is 19.5 Å². The Morgan fingerprint density at radius 3 is 2.54 bits per heavy atom. The van der Waals surface area contributed by atoms with Gasteiger partial charge in [0.25, 0.3) is 0 Å². The SMILES string of the molecule is CCNc1cnc(-c2ccc(C3=CCN(C(=O)CN4CC[C@]5(CCN(c6ccc7c(c6)C(c6ccc(OC(C)C)nc6)=NC7)C5=O)C4)CC3)cc2)o1. The number of aliphatic imine (C=N–C) groups is 1. The molecule has 1 atom stereocenters. The normalized spacial score (nSPS) is 20.1. The Hall–Kier alpha value is -5.29. The van der Waals surface area contributed by atoms with Gasteiger partial charge < -0.3 is 24.3 Å². The fourth-order valence-corrected chi connectivity index (χ4v) is 7.90. The third-order valence-electron chi connectivity index (χ3n) is 10.7. The quantitative estimate of drug-likeness (QED) is 0.213. The number of nitrogens with zero attached hydrogens (tertiary/aromatic N) is 6. The third-order valence-corrected chi connectivity index (χ3v) is 10.7. The maximum atomic E-state index is 14.1. The molecule has 2 aromatic heterocycles. The Kier molecular flexibility index (Phi) is 9.13. The standard InChI is InChI=1S/C41H45N7O4/c1-4-42-36-24-45-39(52-36)30-7-5-28(6-8-30)29-13-17-47(18-14-29)37(49)25-46-19-15-41(26-46)16-20-48(40(41)50)33-11-9-31-22-44-38(34(31)21-33)32-10-12-35(43-23-32)51-27(2)3/h5-13,21,23-24,27,42H,4,14-20,22,25-26H2,1-3H3/t41-/m0/s1. The Morgan fingerprint density at radius 1 is 0.981 bits per heavy atom. The summed E-state index contributed by atoms with van der Waals surface area (Å²) in [6.45, 7) is 11.0. The van der Waals surface area contributed by atoms with Crippen molar-refractivity contribution >= 4 is 34.7 Å². The number of nitrogens with one attached hydrogen (secondary N) is 1. The number of ether oxygens (including phenoxy) is 1. The van der Waals surface area contributed by atoms with Crippen molar-refractivity contribution in [1.29, 1.82) is 0 Å². The summed E-state index contributed by atoms with van der Waals surface area (Å²) in [4.78, 5) is 47.2. The Bertz CT molecular complexity index is 2030. The fraction of sp³-hybridized carbons (Fsp3) is 0.390. The minimum Gasteiger partial charge on any atom is -0.475 e. The van der Waals surface area contributed by atoms with Crippen LogP contribution in [0.15, 0.2) is 82.5 Å². The predicted molar refractivity (Wildman–Crippen MR) is 202 cm³/mol. The summed E-state index contributed by atoms with van der Waals surface area (Å²) in [6.07, 6.45) is 8.09. The van der Waals surface area contributed by atoms with Crippen LogP contribution < -0.4 is 15.0 Å². The van der Waals surface area contributed by atoms with E-state index in [1.165, 1.54) is 5.57 Å². The summed E-state index contributed by atoms with van der Waals surface area (Å²) in [5.41, 5.74) is 7.79. The second-order valence-corrected chi connectivity index (χ2v) is 14.5. The first-order valence-corrected chi connectivity index (χ1v) is 18.4. The number of carbonyl (C=O) groups is 2. The second-order valence-electron chi connectivity index (χ2n) is 14.5. The molecule has 4 aromatic rings. The number of hydrogen-bond donors (Lipinski definition) is 1. The number of rotatable bonds is 10. The van der Waals surface area contributed by atoms with Crippen LogP contribution in [0.1, 0.15) is 62.3 Å². The zero-order chi connectivity index (χ0) is 35.8. The van der Waals surface area contributed by atoms with E-state index in [1.54, 1.807) is 6.20 Å². The molecular formula is C41H45N7O4. The van der Waals surface area contributed by atoms with Crippen LogP contribution in [0.2, 0.25) is 0 Å². The molecule has 1 N–H and O–H groups in total. The van der Waals surface area contributed by atoms with Gasteiger partial charge in [-0.05, 0) is 93.6 Å². The highest BCUT2D eigenvalue weighted by Crippen LogP contribution is 2.43. The van der Waals surface area contributed by atoms with Crippen molar-refractivity contribution in [3.63, 3.8) is 0 Å². The number of likely N-dealkylation sites (tertiary alicyclic amines) is 1. The average Bonchev–Trinajstić information content (AvgIpc) is 3.96. The van der Waals surface area contributed by atoms with Crippen molar-refractivity contribution in [2.45, 2.75) is 52.7 Å². The lowest BCUT2D eigenvalue weighted by atomic mass is 9.85. The zero-order valence-corrected chi connectivity index (χ0v) is 30.1. The lowest BCUT2D eigenvalue weighted by Gasteiger charge is -2.29. The molecule has 0 unspecified atom stereocenters. The van der Waals surface area contributed by atoms with E-state index in [0.29, 0.717) is 56.9 Å². The first kappa shape index (κ1) is 33.8. The minimum atomic E-state index is -0.452. The fourth-order valence-electron chi connectivity index (χ4n) is 7.90. The van der Waals surface area contributed by atoms with Gasteiger partial charge in [0.1, 0.15) is 0 Å². The van der Waals surface area contributed by atoms with Crippen LogP contribution in [0.5, 0.6) is 5.88 Å². The van der Waals surface area contributed by atoms with Gasteiger partial charge in [0.05, 0.1) is 36.5 Å². The Labute approximate surface area is 304 Å². The molecule has 52 heavy (non-hydrogen) atoms. The van der Waals surface area contributed by atoms with Crippen LogP contribution in [0.4, 0.5) is 11.6 Å². The van der Waals surface area contributed by atoms with Crippen LogP contribution in [-0.2, 0) is 16.1 Å². The number of carbonyl (C=O) groups excluding carboxylic acids is 2. The lowest BCUT2D eigenvalue weighted by Crippen LogP contribution is -2.43. The van der Waals surface area contributed by atoms with Crippen LogP contribution in [0.3, 0.4) is 0 Å². The smallest absolute Gasteiger partial charge is 0.237 e. The van der Waals surface area contributed by atoms with E-state index in [1.807, 2.05) is 67.1 Å². The van der Waals surface area contributed by atoms with Crippen molar-refractivity contribution in [3.05, 3.63) is 95.3 Å². The monoisotopic (exact) mass is 699 g/mol. The molecule has 6 heterocycles. The number of oxazole rings is 1. The highest BCUT2D eigenvalue weighted by Gasteiger charge is 2.51. The van der Waals surface area contributed by atoms with E-state index in [4.69, 9.17) is 14.1 Å². The zero-order valence-electron chi connectivity index (χ0n) is 30.1. The summed E-state index contributed by atoms with van der Waals surface area (Å²) in [7, 11) is 0. The van der Waals surface area contributed by atoms with Crippen molar-refractivity contribution in [2.24, 2.45) is 10.4 Å². The molecular weight excluding hydrogens is 654 g/mol. The topological polar surface area (TPSA) is 116 Å². The Morgan fingerprint density at radius 2 is 1.79 bits per heavy atom. The van der Waals surface area contributed by atoms with Crippen LogP contribution >= 0.6 is 0 Å². The lowest BCUT2D eigenvalue weighted by molar-refractivity contribution is -0.132. The Balaban J connectivity index is 0.864. The molecule has 268 valence electrons. The maximum absolute atomic E-state index is 14.1. The van der Waals surface area contributed by atoms with E-state index in [9.17, 15) is 9.59 Å². The van der Waals surface area contributed by atoms with Gasteiger partial charge in [-0.1, -0.05) is 24.3 Å². The molecule has 1 spiro atoms. The molecule has 11 nitrogen and oxygen atoms in total. The highest BCUT2D eigenvalue weighted by molar-refractivity contribution is 6.16. The van der Waals surface area contributed by atoms with Crippen molar-refractivity contribution in [2.75, 3.05) is 56.0 Å². The molecule has 2 amide bonds. The molecule has 8 rings (SSSR count). The molecule has 2 saturated heterocycles. The molecule has 11 heteroatoms. The second kappa shape index (κ2) is 14.0. The minimum absolute atomic E-state index is 0.0560. The van der Waals surface area contributed by atoms with Gasteiger partial charge in [-0.2, -0.15) is 0 Å². The maximum Gasteiger partial charge on any atom is 0.237 e. The first-order chi connectivity index (χ1) is 25.3. The predicted octanol–water partition coefficient (Wildman–Crippen LogP) is 6.05. The average molecular weight is 700 g/mol. The van der Waals surface area contributed by atoms with Crippen LogP contribution in [0.25, 0.3) is 17.0 Å². The summed E-state index contributed by atoms with van der Waals surface area (Å²) >= 11 is 0. The summed E-state index contributed by atoms with van der Waals surface area (Å²) in [5, 5.41) is 3.14. The van der Waals surface area contributed by atoms with Gasteiger partial charge in [0.15, 0.2) is 0 Å². The molecule has 0 saturated carbocycles. The number of aromatic nitrogens is 2. The van der Waals surface area contributed by atoms with E-state index in [0.717, 1.165) is 71.6 Å². The molecule has 4 aliphatic rings. The first-order valence-electron chi connectivity index (χ1n) is 18.4. The van der Waals surface area contributed by atoms with Gasteiger partial charge in [-0.25, -0.2) is 9.97 Å². The van der Waals surface area contributed by atoms with Gasteiger partial charge in [-0.15, -0.1) is 0 Å². The number of amides is 2. The number of hydrogen-bond acceptors (Lipinski definition) is 9. The molecule has 0 bridgehead atoms. The van der Waals surface area contributed by atoms with Crippen molar-refractivity contribution in [1.82, 2.24) is 19.8 Å². The number of benzene rings is 2. The van der Waals surface area contributed by atoms with Crippen LogP contribution in [-0.4, -0.2) is 89.2 Å². The van der Waals surface area contributed by atoms with Gasteiger partial charge >= 0.3 is 0 Å². The molecule has 0 aliphatic carbocycles. The largest absolute Gasteiger partial charge is 0.475 e. The molecule has 0 radical (unpaired) electrons. The van der Waals surface area contributed by atoms with Crippen LogP contribution in [0, 0.1) is 5.41 Å². The van der Waals surface area contributed by atoms with Crippen molar-refractivity contribution in [3.8, 4) is 17.3 Å². The van der Waals surface area contributed by atoms with Crippen molar-refractivity contribution < 1.29 is 18.7 Å². The number of anilines is 2. The number of pyridine rings is 1. The van der Waals surface area contributed by atoms with E-state index in [2.05, 4.69) is 50.5 Å². The summed E-state index contributed by atoms with van der Waals surface area (Å²) in [5.74, 6) is 2.13. The summed E-state index contributed by atoms with van der Waals surface area (Å²) < 4.78 is 11.5. The molecule has 4 aliphatic heterocycles.